The molecular formula is C15H18N2O2. The molecule has 100 valence electrons. The molecule has 19 heavy (non-hydrogen) atoms. The third-order valence-electron chi connectivity index (χ3n) is 3.57. The van der Waals surface area contributed by atoms with E-state index < -0.39 is 0 Å². The van der Waals surface area contributed by atoms with Crippen molar-refractivity contribution in [2.45, 2.75) is 32.2 Å². The van der Waals surface area contributed by atoms with Crippen LogP contribution in [-0.4, -0.2) is 30.5 Å². The molecule has 1 aromatic carbocycles. The van der Waals surface area contributed by atoms with Crippen molar-refractivity contribution in [2.75, 3.05) is 13.7 Å². The number of methoxy groups -OCH3 is 1. The molecule has 0 radical (unpaired) electrons. The molecular weight excluding hydrogens is 240 g/mol. The topological polar surface area (TPSA) is 53.3 Å². The van der Waals surface area contributed by atoms with Crippen molar-refractivity contribution in [2.24, 2.45) is 0 Å². The first-order valence-corrected chi connectivity index (χ1v) is 6.52. The smallest absolute Gasteiger partial charge is 0.255 e. The van der Waals surface area contributed by atoms with Gasteiger partial charge in [-0.05, 0) is 43.9 Å². The van der Waals surface area contributed by atoms with Crippen LogP contribution in [0.5, 0.6) is 5.75 Å². The van der Waals surface area contributed by atoms with E-state index >= 15 is 0 Å². The summed E-state index contributed by atoms with van der Waals surface area (Å²) in [6.45, 7) is 2.60. The van der Waals surface area contributed by atoms with Crippen molar-refractivity contribution in [1.82, 2.24) is 4.90 Å². The number of piperidine rings is 1. The van der Waals surface area contributed by atoms with Crippen LogP contribution in [0.25, 0.3) is 0 Å². The highest BCUT2D eigenvalue weighted by Gasteiger charge is 2.27. The van der Waals surface area contributed by atoms with Crippen molar-refractivity contribution < 1.29 is 9.53 Å². The summed E-state index contributed by atoms with van der Waals surface area (Å²) < 4.78 is 5.24. The average molecular weight is 258 g/mol. The molecule has 0 saturated carbocycles. The van der Waals surface area contributed by atoms with Crippen LogP contribution in [-0.2, 0) is 0 Å². The second-order valence-corrected chi connectivity index (χ2v) is 4.82. The van der Waals surface area contributed by atoms with Crippen LogP contribution >= 0.6 is 0 Å². The Labute approximate surface area is 113 Å². The number of nitrogens with zero attached hydrogens (tertiary/aromatic N) is 2. The van der Waals surface area contributed by atoms with Gasteiger partial charge in [0.05, 0.1) is 13.2 Å². The minimum Gasteiger partial charge on any atom is -0.496 e. The van der Waals surface area contributed by atoms with Crippen molar-refractivity contribution in [3.63, 3.8) is 0 Å². The molecule has 0 aromatic heterocycles. The van der Waals surface area contributed by atoms with Crippen LogP contribution in [0.15, 0.2) is 18.2 Å². The Morgan fingerprint density at radius 2 is 2.26 bits per heavy atom. The summed E-state index contributed by atoms with van der Waals surface area (Å²) in [7, 11) is 1.59. The minimum absolute atomic E-state index is 0.0791. The van der Waals surface area contributed by atoms with Gasteiger partial charge in [0.15, 0.2) is 0 Å². The van der Waals surface area contributed by atoms with Gasteiger partial charge in [-0.3, -0.25) is 4.79 Å². The molecule has 1 amide bonds. The number of benzene rings is 1. The van der Waals surface area contributed by atoms with Gasteiger partial charge in [0.25, 0.3) is 5.91 Å². The normalized spacial score (nSPS) is 18.8. The summed E-state index contributed by atoms with van der Waals surface area (Å²) >= 11 is 0. The Morgan fingerprint density at radius 3 is 2.95 bits per heavy atom. The molecule has 0 aliphatic carbocycles. The maximum Gasteiger partial charge on any atom is 0.255 e. The van der Waals surface area contributed by atoms with Crippen LogP contribution < -0.4 is 4.74 Å². The molecule has 4 heteroatoms. The van der Waals surface area contributed by atoms with Gasteiger partial charge in [-0.1, -0.05) is 6.07 Å². The quantitative estimate of drug-likeness (QED) is 0.819. The lowest BCUT2D eigenvalue weighted by atomic mass is 10.0. The maximum absolute atomic E-state index is 12.5. The Morgan fingerprint density at radius 1 is 1.47 bits per heavy atom. The van der Waals surface area contributed by atoms with Crippen molar-refractivity contribution in [1.29, 1.82) is 5.26 Å². The van der Waals surface area contributed by atoms with E-state index in [1.165, 1.54) is 0 Å². The zero-order chi connectivity index (χ0) is 13.8. The van der Waals surface area contributed by atoms with E-state index in [2.05, 4.69) is 6.07 Å². The summed E-state index contributed by atoms with van der Waals surface area (Å²) in [5.41, 5.74) is 1.58. The number of rotatable bonds is 2. The molecule has 1 aliphatic heterocycles. The number of aryl methyl sites for hydroxylation is 1. The largest absolute Gasteiger partial charge is 0.496 e. The van der Waals surface area contributed by atoms with Gasteiger partial charge in [0.1, 0.15) is 11.8 Å². The first kappa shape index (κ1) is 13.4. The van der Waals surface area contributed by atoms with Crippen LogP contribution in [0, 0.1) is 18.3 Å². The predicted molar refractivity (Wildman–Crippen MR) is 72.0 cm³/mol. The lowest BCUT2D eigenvalue weighted by molar-refractivity contribution is 0.0670. The predicted octanol–water partition coefficient (Wildman–Crippen LogP) is 2.52. The van der Waals surface area contributed by atoms with E-state index in [1.807, 2.05) is 13.0 Å². The number of nitriles is 1. The number of hydrogen-bond donors (Lipinski definition) is 0. The van der Waals surface area contributed by atoms with Crippen LogP contribution in [0.4, 0.5) is 0 Å². The number of carbonyl (C=O) groups is 1. The summed E-state index contributed by atoms with van der Waals surface area (Å²) in [5.74, 6) is 0.626. The third kappa shape index (κ3) is 2.70. The number of amides is 1. The molecule has 1 unspecified atom stereocenters. The van der Waals surface area contributed by atoms with Gasteiger partial charge >= 0.3 is 0 Å². The van der Waals surface area contributed by atoms with Crippen LogP contribution in [0.3, 0.4) is 0 Å². The van der Waals surface area contributed by atoms with E-state index in [-0.39, 0.29) is 11.9 Å². The molecule has 1 aromatic rings. The second-order valence-electron chi connectivity index (χ2n) is 4.82. The van der Waals surface area contributed by atoms with Gasteiger partial charge in [-0.25, -0.2) is 0 Å². The first-order chi connectivity index (χ1) is 9.17. The van der Waals surface area contributed by atoms with Crippen molar-refractivity contribution in [3.05, 3.63) is 29.3 Å². The third-order valence-corrected chi connectivity index (χ3v) is 3.57. The van der Waals surface area contributed by atoms with Gasteiger partial charge in [0, 0.05) is 12.1 Å². The van der Waals surface area contributed by atoms with Crippen LogP contribution in [0.2, 0.25) is 0 Å². The number of hydrogen-bond acceptors (Lipinski definition) is 3. The van der Waals surface area contributed by atoms with E-state index in [4.69, 9.17) is 10.00 Å². The molecule has 1 atom stereocenters. The SMILES string of the molecule is COc1cc(C(=O)N2CCCCC2C#N)ccc1C. The van der Waals surface area contributed by atoms with E-state index in [0.717, 1.165) is 24.8 Å². The lowest BCUT2D eigenvalue weighted by Crippen LogP contribution is -2.42. The van der Waals surface area contributed by atoms with E-state index in [1.54, 1.807) is 24.1 Å². The second kappa shape index (κ2) is 5.75. The molecule has 0 N–H and O–H groups in total. The Kier molecular flexibility index (Phi) is 4.06. The molecule has 4 nitrogen and oxygen atoms in total. The fourth-order valence-electron chi connectivity index (χ4n) is 2.43. The summed E-state index contributed by atoms with van der Waals surface area (Å²) in [6.07, 6.45) is 2.75. The highest BCUT2D eigenvalue weighted by atomic mass is 16.5. The fraction of sp³-hybridized carbons (Fsp3) is 0.467. The Hall–Kier alpha value is -2.02. The summed E-state index contributed by atoms with van der Waals surface area (Å²) in [4.78, 5) is 14.1. The fourth-order valence-corrected chi connectivity index (χ4v) is 2.43. The van der Waals surface area contributed by atoms with Crippen molar-refractivity contribution in [3.8, 4) is 11.8 Å². The molecule has 1 fully saturated rings. The molecule has 0 spiro atoms. The van der Waals surface area contributed by atoms with Crippen LogP contribution in [0.1, 0.15) is 35.2 Å². The number of likely N-dealkylation sites (tertiary alicyclic amines) is 1. The van der Waals surface area contributed by atoms with E-state index in [9.17, 15) is 4.79 Å². The van der Waals surface area contributed by atoms with Gasteiger partial charge in [-0.15, -0.1) is 0 Å². The maximum atomic E-state index is 12.5. The average Bonchev–Trinajstić information content (AvgIpc) is 2.47. The molecule has 1 heterocycles. The summed E-state index contributed by atoms with van der Waals surface area (Å²) in [5, 5.41) is 9.13. The number of ether oxygens (including phenoxy) is 1. The van der Waals surface area contributed by atoms with Gasteiger partial charge in [0.2, 0.25) is 0 Å². The zero-order valence-corrected chi connectivity index (χ0v) is 11.3. The molecule has 2 rings (SSSR count). The van der Waals surface area contributed by atoms with Crippen molar-refractivity contribution >= 4 is 5.91 Å². The Bertz CT molecular complexity index is 519. The van der Waals surface area contributed by atoms with E-state index in [0.29, 0.717) is 17.9 Å². The highest BCUT2D eigenvalue weighted by Crippen LogP contribution is 2.23. The molecule has 1 aliphatic rings. The highest BCUT2D eigenvalue weighted by molar-refractivity contribution is 5.95. The Balaban J connectivity index is 2.26. The first-order valence-electron chi connectivity index (χ1n) is 6.52. The zero-order valence-electron chi connectivity index (χ0n) is 11.3. The number of carbonyl (C=O) groups excluding carboxylic acids is 1. The summed E-state index contributed by atoms with van der Waals surface area (Å²) in [6, 6.07) is 7.34. The minimum atomic E-state index is -0.298. The lowest BCUT2D eigenvalue weighted by Gasteiger charge is -2.31. The monoisotopic (exact) mass is 258 g/mol. The van der Waals surface area contributed by atoms with Gasteiger partial charge in [-0.2, -0.15) is 5.26 Å². The molecule has 1 saturated heterocycles. The standard InChI is InChI=1S/C15H18N2O2/c1-11-6-7-12(9-14(11)19-2)15(18)17-8-4-3-5-13(17)10-16/h6-7,9,13H,3-5,8H2,1-2H3. The molecule has 0 bridgehead atoms. The van der Waals surface area contributed by atoms with Gasteiger partial charge < -0.3 is 9.64 Å².